The second-order valence-electron chi connectivity index (χ2n) is 5.33. The maximum atomic E-state index is 12.9. The molecule has 1 nitrogen and oxygen atoms in total. The summed E-state index contributed by atoms with van der Waals surface area (Å²) < 4.78 is 12.9. The highest BCUT2D eigenvalue weighted by Crippen LogP contribution is 2.22. The third-order valence-corrected chi connectivity index (χ3v) is 3.51. The zero-order valence-electron chi connectivity index (χ0n) is 11.8. The molecule has 0 saturated heterocycles. The smallest absolute Gasteiger partial charge is 0.123 e. The van der Waals surface area contributed by atoms with Gasteiger partial charge in [0.25, 0.3) is 0 Å². The van der Waals surface area contributed by atoms with E-state index < -0.39 is 0 Å². The van der Waals surface area contributed by atoms with E-state index in [4.69, 9.17) is 0 Å². The molecule has 20 heavy (non-hydrogen) atoms. The summed E-state index contributed by atoms with van der Waals surface area (Å²) in [5.41, 5.74) is 3.29. The van der Waals surface area contributed by atoms with Gasteiger partial charge in [0.2, 0.25) is 0 Å². The van der Waals surface area contributed by atoms with Crippen LogP contribution in [0.3, 0.4) is 0 Å². The van der Waals surface area contributed by atoms with E-state index in [2.05, 4.69) is 44.2 Å². The first kappa shape index (κ1) is 14.3. The van der Waals surface area contributed by atoms with Crippen molar-refractivity contribution in [1.82, 2.24) is 0 Å². The van der Waals surface area contributed by atoms with Crippen molar-refractivity contribution in [3.05, 3.63) is 71.0 Å². The Kier molecular flexibility index (Phi) is 4.53. The van der Waals surface area contributed by atoms with Crippen LogP contribution >= 0.6 is 0 Å². The van der Waals surface area contributed by atoms with E-state index in [9.17, 15) is 9.65 Å². The van der Waals surface area contributed by atoms with Gasteiger partial charge in [-0.1, -0.05) is 50.2 Å². The van der Waals surface area contributed by atoms with E-state index >= 15 is 0 Å². The fourth-order valence-corrected chi connectivity index (χ4v) is 2.21. The highest BCUT2D eigenvalue weighted by Gasteiger charge is 2.12. The van der Waals surface area contributed by atoms with Crippen molar-refractivity contribution in [2.75, 3.05) is 0 Å². The predicted molar refractivity (Wildman–Crippen MR) is 79.0 cm³/mol. The molecule has 0 heterocycles. The van der Waals surface area contributed by atoms with Gasteiger partial charge in [0.05, 0.1) is 12.0 Å². The van der Waals surface area contributed by atoms with Gasteiger partial charge in [-0.15, -0.1) is 0 Å². The normalized spacial score (nSPS) is 12.2. The summed E-state index contributed by atoms with van der Waals surface area (Å²) in [4.78, 5) is 0. The molecule has 2 aromatic carbocycles. The molecule has 1 atom stereocenters. The summed E-state index contributed by atoms with van der Waals surface area (Å²) in [7, 11) is 0. The summed E-state index contributed by atoms with van der Waals surface area (Å²) in [6, 6.07) is 16.8. The topological polar surface area (TPSA) is 23.8 Å². The van der Waals surface area contributed by atoms with Gasteiger partial charge in [-0.2, -0.15) is 5.26 Å². The highest BCUT2D eigenvalue weighted by atomic mass is 19.1. The fourth-order valence-electron chi connectivity index (χ4n) is 2.21. The minimum absolute atomic E-state index is 0.236. The van der Waals surface area contributed by atoms with Crippen LogP contribution in [0.5, 0.6) is 0 Å². The van der Waals surface area contributed by atoms with Gasteiger partial charge in [0.1, 0.15) is 5.82 Å². The van der Waals surface area contributed by atoms with Crippen LogP contribution in [-0.2, 0) is 6.42 Å². The van der Waals surface area contributed by atoms with Gasteiger partial charge in [-0.05, 0) is 41.2 Å². The Balaban J connectivity index is 2.14. The number of nitriles is 1. The van der Waals surface area contributed by atoms with Gasteiger partial charge in [-0.3, -0.25) is 0 Å². The number of halogens is 1. The first-order valence-corrected chi connectivity index (χ1v) is 6.84. The molecule has 2 heteroatoms. The molecular formula is C18H18FN. The minimum atomic E-state index is -0.272. The molecule has 0 bridgehead atoms. The second kappa shape index (κ2) is 6.34. The zero-order chi connectivity index (χ0) is 14.5. The summed E-state index contributed by atoms with van der Waals surface area (Å²) in [5, 5.41) is 9.31. The molecule has 2 rings (SSSR count). The molecule has 0 aliphatic rings. The molecule has 0 spiro atoms. The molecule has 0 aliphatic heterocycles. The van der Waals surface area contributed by atoms with Gasteiger partial charge in [0, 0.05) is 0 Å². The summed E-state index contributed by atoms with van der Waals surface area (Å²) in [6.45, 7) is 4.32. The molecule has 0 saturated carbocycles. The summed E-state index contributed by atoms with van der Waals surface area (Å²) in [6.07, 6.45) is 0.653. The van der Waals surface area contributed by atoms with Crippen LogP contribution in [0.1, 0.15) is 42.4 Å². The van der Waals surface area contributed by atoms with E-state index in [0.29, 0.717) is 12.3 Å². The van der Waals surface area contributed by atoms with Crippen LogP contribution in [0, 0.1) is 17.1 Å². The average Bonchev–Trinajstić information content (AvgIpc) is 2.46. The third kappa shape index (κ3) is 3.45. The minimum Gasteiger partial charge on any atom is -0.207 e. The number of rotatable bonds is 4. The molecule has 0 aliphatic carbocycles. The number of benzene rings is 2. The standard InChI is InChI=1S/C18H18FN/c1-13(2)15-5-3-14(4-6-15)11-17(12-20)16-7-9-18(19)10-8-16/h3-10,13,17H,11H2,1-2H3. The summed E-state index contributed by atoms with van der Waals surface area (Å²) >= 11 is 0. The number of hydrogen-bond donors (Lipinski definition) is 0. The Morgan fingerprint density at radius 2 is 1.50 bits per heavy atom. The lowest BCUT2D eigenvalue weighted by molar-refractivity contribution is 0.626. The van der Waals surface area contributed by atoms with Crippen molar-refractivity contribution >= 4 is 0 Å². The number of nitrogens with zero attached hydrogens (tertiary/aromatic N) is 1. The third-order valence-electron chi connectivity index (χ3n) is 3.51. The van der Waals surface area contributed by atoms with Crippen LogP contribution in [0.4, 0.5) is 4.39 Å². The van der Waals surface area contributed by atoms with Gasteiger partial charge in [0.15, 0.2) is 0 Å². The molecule has 0 N–H and O–H groups in total. The highest BCUT2D eigenvalue weighted by molar-refractivity contribution is 5.31. The van der Waals surface area contributed by atoms with E-state index in [-0.39, 0.29) is 11.7 Å². The predicted octanol–water partition coefficient (Wildman–Crippen LogP) is 4.80. The fraction of sp³-hybridized carbons (Fsp3) is 0.278. The van der Waals surface area contributed by atoms with Crippen molar-refractivity contribution in [3.63, 3.8) is 0 Å². The Bertz CT molecular complexity index is 591. The molecular weight excluding hydrogens is 249 g/mol. The molecule has 2 aromatic rings. The van der Waals surface area contributed by atoms with Gasteiger partial charge in [-0.25, -0.2) is 4.39 Å². The molecule has 0 fully saturated rings. The average molecular weight is 267 g/mol. The van der Waals surface area contributed by atoms with E-state index in [1.54, 1.807) is 12.1 Å². The Hall–Kier alpha value is -2.14. The lowest BCUT2D eigenvalue weighted by Gasteiger charge is -2.11. The Labute approximate surface area is 119 Å². The van der Waals surface area contributed by atoms with Gasteiger partial charge < -0.3 is 0 Å². The van der Waals surface area contributed by atoms with Crippen LogP contribution in [0.25, 0.3) is 0 Å². The quantitative estimate of drug-likeness (QED) is 0.780. The Morgan fingerprint density at radius 3 is 2.00 bits per heavy atom. The van der Waals surface area contributed by atoms with Crippen molar-refractivity contribution < 1.29 is 4.39 Å². The molecule has 102 valence electrons. The monoisotopic (exact) mass is 267 g/mol. The van der Waals surface area contributed by atoms with Gasteiger partial charge >= 0.3 is 0 Å². The molecule has 0 amide bonds. The molecule has 0 radical (unpaired) electrons. The van der Waals surface area contributed by atoms with Crippen molar-refractivity contribution in [1.29, 1.82) is 5.26 Å². The van der Waals surface area contributed by atoms with E-state index in [1.165, 1.54) is 17.7 Å². The largest absolute Gasteiger partial charge is 0.207 e. The van der Waals surface area contributed by atoms with Crippen LogP contribution < -0.4 is 0 Å². The number of hydrogen-bond acceptors (Lipinski definition) is 1. The van der Waals surface area contributed by atoms with E-state index in [0.717, 1.165) is 11.1 Å². The lowest BCUT2D eigenvalue weighted by atomic mass is 9.92. The lowest BCUT2D eigenvalue weighted by Crippen LogP contribution is -2.01. The van der Waals surface area contributed by atoms with Crippen molar-refractivity contribution in [2.45, 2.75) is 32.1 Å². The van der Waals surface area contributed by atoms with Crippen molar-refractivity contribution in [2.24, 2.45) is 0 Å². The Morgan fingerprint density at radius 1 is 0.950 bits per heavy atom. The van der Waals surface area contributed by atoms with E-state index in [1.807, 2.05) is 0 Å². The molecule has 0 aromatic heterocycles. The second-order valence-corrected chi connectivity index (χ2v) is 5.33. The SMILES string of the molecule is CC(C)c1ccc(CC(C#N)c2ccc(F)cc2)cc1. The van der Waals surface area contributed by atoms with Crippen LogP contribution in [-0.4, -0.2) is 0 Å². The maximum Gasteiger partial charge on any atom is 0.123 e. The first-order valence-electron chi connectivity index (χ1n) is 6.84. The van der Waals surface area contributed by atoms with Crippen LogP contribution in [0.2, 0.25) is 0 Å². The summed E-state index contributed by atoms with van der Waals surface area (Å²) in [5.74, 6) is 0.000128. The maximum absolute atomic E-state index is 12.9. The molecule has 1 unspecified atom stereocenters. The van der Waals surface area contributed by atoms with Crippen molar-refractivity contribution in [3.8, 4) is 6.07 Å². The zero-order valence-corrected chi connectivity index (χ0v) is 11.8. The first-order chi connectivity index (χ1) is 9.60. The van der Waals surface area contributed by atoms with Crippen LogP contribution in [0.15, 0.2) is 48.5 Å².